The normalized spacial score (nSPS) is 19.8. The largest absolute Gasteiger partial charge is 0.367 e. The van der Waals surface area contributed by atoms with Gasteiger partial charge in [0.05, 0.1) is 37.4 Å². The first-order chi connectivity index (χ1) is 30.9. The Labute approximate surface area is 416 Å². The molecule has 0 bridgehead atoms. The molecule has 1 saturated heterocycles. The van der Waals surface area contributed by atoms with Gasteiger partial charge in [-0.2, -0.15) is 0 Å². The van der Waals surface area contributed by atoms with Gasteiger partial charge >= 0.3 is 0 Å². The number of Topliss-reactive ketones (excluding diaryl/α,β-unsaturated/α-hetero) is 2. The van der Waals surface area contributed by atoms with E-state index in [1.54, 1.807) is 25.8 Å². The van der Waals surface area contributed by atoms with Gasteiger partial charge in [-0.05, 0) is 93.9 Å². The molecule has 382 valence electrons. The molecule has 0 radical (unpaired) electrons. The maximum absolute atomic E-state index is 14.0. The number of likely N-dealkylation sites (N-methyl/N-ethyl adjacent to an activating group) is 1. The van der Waals surface area contributed by atoms with E-state index in [0.29, 0.717) is 26.0 Å². The van der Waals surface area contributed by atoms with E-state index in [1.165, 1.54) is 6.42 Å². The third-order valence-electron chi connectivity index (χ3n) is 14.1. The van der Waals surface area contributed by atoms with Crippen LogP contribution in [0.3, 0.4) is 0 Å². The Morgan fingerprint density at radius 2 is 1.22 bits per heavy atom. The van der Waals surface area contributed by atoms with E-state index in [1.807, 2.05) is 48.5 Å². The first-order valence-electron chi connectivity index (χ1n) is 24.9. The van der Waals surface area contributed by atoms with Crippen molar-refractivity contribution in [3.8, 4) is 23.7 Å². The topological polar surface area (TPSA) is 172 Å². The molecule has 0 aromatic carbocycles. The summed E-state index contributed by atoms with van der Waals surface area (Å²) in [7, 11) is 1.74. The highest BCUT2D eigenvalue weighted by atomic mass is 35.5. The van der Waals surface area contributed by atoms with Gasteiger partial charge in [-0.3, -0.25) is 28.8 Å². The van der Waals surface area contributed by atoms with E-state index in [4.69, 9.17) is 9.47 Å². The fraction of sp³-hybridized carbons (Fsp3) is 0.808. The highest BCUT2D eigenvalue weighted by Gasteiger charge is 2.43. The summed E-state index contributed by atoms with van der Waals surface area (Å²) in [6.07, 6.45) is 12.6. The van der Waals surface area contributed by atoms with Crippen LogP contribution in [-0.2, 0) is 38.2 Å². The van der Waals surface area contributed by atoms with Gasteiger partial charge in [0.1, 0.15) is 25.0 Å². The molecule has 1 unspecified atom stereocenters. The summed E-state index contributed by atoms with van der Waals surface area (Å²) < 4.78 is 11.8. The monoisotopic (exact) mass is 980 g/mol. The average molecular weight is 981 g/mol. The van der Waals surface area contributed by atoms with Gasteiger partial charge in [0.2, 0.25) is 23.6 Å². The van der Waals surface area contributed by atoms with Crippen molar-refractivity contribution < 1.29 is 38.2 Å². The molecule has 3 rings (SSSR count). The number of nitrogens with one attached hydrogen (secondary N) is 4. The number of carbonyl (C=O) groups excluding carboxylic acids is 6. The molecule has 1 heterocycles. The van der Waals surface area contributed by atoms with Crippen molar-refractivity contribution in [3.63, 3.8) is 0 Å². The molecule has 4 amide bonds. The first kappa shape index (κ1) is 61.8. The van der Waals surface area contributed by atoms with E-state index >= 15 is 0 Å². The summed E-state index contributed by atoms with van der Waals surface area (Å²) in [5.41, 5.74) is -0.449. The first-order valence-corrected chi connectivity index (χ1v) is 24.9. The lowest BCUT2D eigenvalue weighted by atomic mass is 9.76. The molecule has 0 aromatic rings. The molecule has 3 aliphatic rings. The molecular weight excluding hydrogens is 894 g/mol. The standard InChI is InChI=1S/C52H85N5O8.2ClH/c1-11-36(4)48(60)56-47(40-25-18-15-19-26-40)46(59)31-37(5)49(61)54-42(35(2)3)33-64-29-20-12-13-21-30-65-34-43(39-23-16-14-17-24-39)55-50(62)44-27-22-28-57(44)51(63)41(52(7,8)9)32-45(58)38(6)53-10;;/h35-44,47,53H,11,14-19,22-34H2,1-10H3,(H,54,61)(H,55,62)(H,56,60);2*1H/t36-,37+,38-,41+,42+,43+,44?,47+;;/m0../s1. The number of likely N-dealkylation sites (tertiary alicyclic amines) is 1. The van der Waals surface area contributed by atoms with Gasteiger partial charge in [0.15, 0.2) is 5.78 Å². The number of nitrogens with zero attached hydrogens (tertiary/aromatic N) is 1. The minimum absolute atomic E-state index is 0. The van der Waals surface area contributed by atoms with Crippen molar-refractivity contribution in [2.24, 2.45) is 40.9 Å². The summed E-state index contributed by atoms with van der Waals surface area (Å²) in [4.78, 5) is 82.3. The predicted octanol–water partition coefficient (Wildman–Crippen LogP) is 7.00. The van der Waals surface area contributed by atoms with Crippen molar-refractivity contribution in [1.82, 2.24) is 26.2 Å². The average Bonchev–Trinajstić information content (AvgIpc) is 3.79. The zero-order valence-corrected chi connectivity index (χ0v) is 44.2. The van der Waals surface area contributed by atoms with Gasteiger partial charge in [0, 0.05) is 37.1 Å². The Morgan fingerprint density at radius 3 is 1.76 bits per heavy atom. The number of hydrogen-bond donors (Lipinski definition) is 4. The zero-order valence-electron chi connectivity index (χ0n) is 42.5. The molecule has 0 aromatic heterocycles. The molecule has 15 heteroatoms. The lowest BCUT2D eigenvalue weighted by molar-refractivity contribution is -0.146. The Kier molecular flexibility index (Phi) is 29.4. The van der Waals surface area contributed by atoms with E-state index < -0.39 is 29.3 Å². The van der Waals surface area contributed by atoms with E-state index in [9.17, 15) is 28.8 Å². The third-order valence-corrected chi connectivity index (χ3v) is 14.1. The zero-order chi connectivity index (χ0) is 48.1. The molecule has 2 aliphatic carbocycles. The van der Waals surface area contributed by atoms with Crippen LogP contribution in [0.1, 0.15) is 159 Å². The number of rotatable bonds is 24. The highest BCUT2D eigenvalue weighted by molar-refractivity contribution is 5.94. The number of amides is 4. The van der Waals surface area contributed by atoms with Crippen LogP contribution in [0.25, 0.3) is 0 Å². The molecule has 1 aliphatic heterocycles. The van der Waals surface area contributed by atoms with Crippen LogP contribution in [0.15, 0.2) is 0 Å². The van der Waals surface area contributed by atoms with Crippen LogP contribution < -0.4 is 21.3 Å². The van der Waals surface area contributed by atoms with Gasteiger partial charge in [-0.25, -0.2) is 0 Å². The number of carbonyl (C=O) groups is 6. The Morgan fingerprint density at radius 1 is 0.672 bits per heavy atom. The predicted molar refractivity (Wildman–Crippen MR) is 270 cm³/mol. The van der Waals surface area contributed by atoms with Crippen molar-refractivity contribution in [2.45, 2.75) is 189 Å². The molecule has 4 N–H and O–H groups in total. The van der Waals surface area contributed by atoms with Crippen molar-refractivity contribution in [3.05, 3.63) is 0 Å². The number of halogens is 2. The smallest absolute Gasteiger partial charge is 0.243 e. The van der Waals surface area contributed by atoms with Crippen LogP contribution >= 0.6 is 24.8 Å². The summed E-state index contributed by atoms with van der Waals surface area (Å²) in [5, 5.41) is 12.4. The summed E-state index contributed by atoms with van der Waals surface area (Å²) >= 11 is 0. The molecule has 3 fully saturated rings. The second kappa shape index (κ2) is 31.8. The van der Waals surface area contributed by atoms with Crippen molar-refractivity contribution in [1.29, 1.82) is 0 Å². The lowest BCUT2D eigenvalue weighted by Gasteiger charge is -2.36. The molecule has 8 atom stereocenters. The van der Waals surface area contributed by atoms with Gasteiger partial charge < -0.3 is 35.6 Å². The Hall–Kier alpha value is -3.20. The minimum Gasteiger partial charge on any atom is -0.367 e. The van der Waals surface area contributed by atoms with Crippen LogP contribution in [0.4, 0.5) is 0 Å². The Bertz CT molecular complexity index is 1690. The molecule has 13 nitrogen and oxygen atoms in total. The van der Waals surface area contributed by atoms with Crippen LogP contribution in [0, 0.1) is 64.6 Å². The Balaban J connectivity index is 0.0000112. The second-order valence-electron chi connectivity index (χ2n) is 20.6. The van der Waals surface area contributed by atoms with E-state index in [0.717, 1.165) is 64.2 Å². The van der Waals surface area contributed by atoms with Gasteiger partial charge in [0.25, 0.3) is 0 Å². The summed E-state index contributed by atoms with van der Waals surface area (Å²) in [6.45, 7) is 18.6. The second-order valence-corrected chi connectivity index (χ2v) is 20.6. The molecular formula is C52H87Cl2N5O8. The highest BCUT2D eigenvalue weighted by Crippen LogP contribution is 2.34. The fourth-order valence-electron chi connectivity index (χ4n) is 9.21. The van der Waals surface area contributed by atoms with Crippen molar-refractivity contribution in [2.75, 3.05) is 40.0 Å². The fourth-order valence-corrected chi connectivity index (χ4v) is 9.21. The van der Waals surface area contributed by atoms with Gasteiger partial charge in [-0.15, -0.1) is 24.8 Å². The van der Waals surface area contributed by atoms with Crippen molar-refractivity contribution >= 4 is 60.0 Å². The maximum atomic E-state index is 14.0. The van der Waals surface area contributed by atoms with E-state index in [-0.39, 0.29) is 134 Å². The quantitative estimate of drug-likeness (QED) is 0.0587. The summed E-state index contributed by atoms with van der Waals surface area (Å²) in [6, 6.07) is -1.99. The minimum atomic E-state index is -0.585. The maximum Gasteiger partial charge on any atom is 0.243 e. The summed E-state index contributed by atoms with van der Waals surface area (Å²) in [5.74, 6) is 9.93. The number of ether oxygens (including phenoxy) is 2. The van der Waals surface area contributed by atoms with Crippen LogP contribution in [0.5, 0.6) is 0 Å². The number of hydrogen-bond acceptors (Lipinski definition) is 9. The molecule has 67 heavy (non-hydrogen) atoms. The van der Waals surface area contributed by atoms with E-state index in [2.05, 4.69) is 44.9 Å². The third kappa shape index (κ3) is 20.7. The van der Waals surface area contributed by atoms with Crippen LogP contribution in [0.2, 0.25) is 0 Å². The SMILES string of the molecule is CC[C@H](C)C(=O)N[C@@H](C(=O)C[C@@H](C)C(=O)N[C@H](COCC#CC#CCOC[C@@H](NC(=O)C1CCCN1C(=O)[C@@H](CC(=O)[C@H](C)NC)C(C)(C)C)C1CCCCC1)C(C)C)C1CCCCC1.Cl.Cl. The molecule has 2 saturated carbocycles. The number of ketones is 2. The molecule has 0 spiro atoms. The lowest BCUT2D eigenvalue weighted by Crippen LogP contribution is -2.54. The van der Waals surface area contributed by atoms with Crippen LogP contribution in [-0.4, -0.2) is 110 Å². The van der Waals surface area contributed by atoms with Gasteiger partial charge in [-0.1, -0.05) is 106 Å².